The van der Waals surface area contributed by atoms with Crippen molar-refractivity contribution < 1.29 is 27.8 Å². The van der Waals surface area contributed by atoms with Crippen LogP contribution in [0.4, 0.5) is 13.2 Å². The third-order valence-corrected chi connectivity index (χ3v) is 2.44. The highest BCUT2D eigenvalue weighted by atomic mass is 79.9. The van der Waals surface area contributed by atoms with Gasteiger partial charge in [-0.2, -0.15) is 13.2 Å². The molecule has 0 aliphatic carbocycles. The van der Waals surface area contributed by atoms with E-state index in [0.717, 1.165) is 0 Å². The highest BCUT2D eigenvalue weighted by molar-refractivity contribution is 9.10. The number of hydrogen-bond acceptors (Lipinski definition) is 3. The van der Waals surface area contributed by atoms with Gasteiger partial charge in [0.1, 0.15) is 0 Å². The first kappa shape index (κ1) is 14.1. The third-order valence-electron chi connectivity index (χ3n) is 1.85. The molecule has 0 aliphatic heterocycles. The van der Waals surface area contributed by atoms with Gasteiger partial charge < -0.3 is 14.6 Å². The van der Waals surface area contributed by atoms with E-state index in [0.29, 0.717) is 10.0 Å². The summed E-state index contributed by atoms with van der Waals surface area (Å²) in [6.07, 6.45) is -4.42. The van der Waals surface area contributed by atoms with Crippen LogP contribution in [0.1, 0.15) is 5.56 Å². The van der Waals surface area contributed by atoms with Crippen molar-refractivity contribution in [3.05, 3.63) is 22.2 Å². The zero-order valence-electron chi connectivity index (χ0n) is 8.84. The van der Waals surface area contributed by atoms with E-state index in [1.807, 2.05) is 0 Å². The second-order valence-corrected chi connectivity index (χ2v) is 4.03. The lowest BCUT2D eigenvalue weighted by molar-refractivity contribution is -0.153. The van der Waals surface area contributed by atoms with E-state index in [-0.39, 0.29) is 18.1 Å². The van der Waals surface area contributed by atoms with Crippen LogP contribution in [-0.4, -0.2) is 25.0 Å². The summed E-state index contributed by atoms with van der Waals surface area (Å²) in [6, 6.07) is 2.88. The molecule has 0 saturated heterocycles. The Kier molecular flexibility index (Phi) is 4.64. The van der Waals surface area contributed by atoms with Gasteiger partial charge >= 0.3 is 6.18 Å². The van der Waals surface area contributed by atoms with Crippen molar-refractivity contribution in [1.82, 2.24) is 0 Å². The van der Waals surface area contributed by atoms with Crippen LogP contribution in [-0.2, 0) is 6.61 Å². The molecule has 1 rings (SSSR count). The molecule has 17 heavy (non-hydrogen) atoms. The Morgan fingerprint density at radius 3 is 2.47 bits per heavy atom. The topological polar surface area (TPSA) is 38.7 Å². The minimum absolute atomic E-state index is 0.0398. The summed E-state index contributed by atoms with van der Waals surface area (Å²) in [4.78, 5) is 0. The highest BCUT2D eigenvalue weighted by Crippen LogP contribution is 2.37. The van der Waals surface area contributed by atoms with E-state index in [1.54, 1.807) is 0 Å². The van der Waals surface area contributed by atoms with Gasteiger partial charge in [0.2, 0.25) is 0 Å². The van der Waals surface area contributed by atoms with Crippen LogP contribution in [0.25, 0.3) is 0 Å². The Bertz CT molecular complexity index is 393. The Morgan fingerprint density at radius 2 is 2.00 bits per heavy atom. The van der Waals surface area contributed by atoms with E-state index < -0.39 is 12.8 Å². The number of aliphatic hydroxyl groups excluding tert-OH is 1. The normalized spacial score (nSPS) is 11.4. The summed E-state index contributed by atoms with van der Waals surface area (Å²) in [7, 11) is 1.31. The molecule has 0 atom stereocenters. The van der Waals surface area contributed by atoms with Crippen LogP contribution in [0.2, 0.25) is 0 Å². The molecule has 1 aromatic rings. The molecule has 0 aliphatic rings. The fraction of sp³-hybridized carbons (Fsp3) is 0.400. The van der Waals surface area contributed by atoms with E-state index in [9.17, 15) is 13.2 Å². The van der Waals surface area contributed by atoms with E-state index >= 15 is 0 Å². The first-order chi connectivity index (χ1) is 7.87. The standard InChI is InChI=1S/C10H10BrF3O3/c1-16-8-3-6(4-15)2-7(11)9(8)17-5-10(12,13)14/h2-3,15H,4-5H2,1H3. The Hall–Kier alpha value is -0.950. The van der Waals surface area contributed by atoms with Gasteiger partial charge in [-0.1, -0.05) is 0 Å². The van der Waals surface area contributed by atoms with E-state index in [4.69, 9.17) is 9.84 Å². The van der Waals surface area contributed by atoms with Crippen LogP contribution in [0, 0.1) is 0 Å². The minimum Gasteiger partial charge on any atom is -0.493 e. The molecular formula is C10H10BrF3O3. The smallest absolute Gasteiger partial charge is 0.422 e. The van der Waals surface area contributed by atoms with Crippen LogP contribution in [0.3, 0.4) is 0 Å². The SMILES string of the molecule is COc1cc(CO)cc(Br)c1OCC(F)(F)F. The predicted octanol–water partition coefficient (Wildman–Crippen LogP) is 2.89. The summed E-state index contributed by atoms with van der Waals surface area (Å²) in [6.45, 7) is -1.64. The number of alkyl halides is 3. The number of halogens is 4. The highest BCUT2D eigenvalue weighted by Gasteiger charge is 2.29. The van der Waals surface area contributed by atoms with E-state index in [1.165, 1.54) is 19.2 Å². The molecule has 0 radical (unpaired) electrons. The fourth-order valence-corrected chi connectivity index (χ4v) is 1.76. The summed E-state index contributed by atoms with van der Waals surface area (Å²) >= 11 is 3.06. The number of benzene rings is 1. The van der Waals surface area contributed by atoms with Crippen molar-refractivity contribution >= 4 is 15.9 Å². The first-order valence-corrected chi connectivity index (χ1v) is 5.33. The second kappa shape index (κ2) is 5.59. The lowest BCUT2D eigenvalue weighted by Crippen LogP contribution is -2.19. The zero-order chi connectivity index (χ0) is 13.1. The van der Waals surface area contributed by atoms with Gasteiger partial charge in [0, 0.05) is 0 Å². The maximum absolute atomic E-state index is 12.0. The molecule has 7 heteroatoms. The maximum atomic E-state index is 12.0. The van der Waals surface area contributed by atoms with Gasteiger partial charge in [-0.25, -0.2) is 0 Å². The van der Waals surface area contributed by atoms with Crippen LogP contribution >= 0.6 is 15.9 Å². The first-order valence-electron chi connectivity index (χ1n) is 4.54. The summed E-state index contributed by atoms with van der Waals surface area (Å²) in [5, 5.41) is 8.93. The predicted molar refractivity (Wildman–Crippen MR) is 58.2 cm³/mol. The largest absolute Gasteiger partial charge is 0.493 e. The van der Waals surface area contributed by atoms with E-state index in [2.05, 4.69) is 20.7 Å². The van der Waals surface area contributed by atoms with Gasteiger partial charge in [0.25, 0.3) is 0 Å². The quantitative estimate of drug-likeness (QED) is 0.928. The Labute approximate surface area is 104 Å². The van der Waals surface area contributed by atoms with Gasteiger partial charge in [0.05, 0.1) is 18.2 Å². The lowest BCUT2D eigenvalue weighted by atomic mass is 10.2. The van der Waals surface area contributed by atoms with Crippen LogP contribution < -0.4 is 9.47 Å². The molecule has 1 aromatic carbocycles. The molecule has 0 amide bonds. The summed E-state index contributed by atoms with van der Waals surface area (Å²) in [5.74, 6) is 0.0923. The average Bonchev–Trinajstić information content (AvgIpc) is 2.25. The molecule has 0 bridgehead atoms. The molecule has 0 aromatic heterocycles. The Balaban J connectivity index is 2.98. The fourth-order valence-electron chi connectivity index (χ4n) is 1.16. The number of hydrogen-bond donors (Lipinski definition) is 1. The van der Waals surface area contributed by atoms with Crippen molar-refractivity contribution in [3.63, 3.8) is 0 Å². The molecule has 0 fully saturated rings. The van der Waals surface area contributed by atoms with Crippen molar-refractivity contribution in [2.24, 2.45) is 0 Å². The number of aliphatic hydroxyl groups is 1. The monoisotopic (exact) mass is 314 g/mol. The van der Waals surface area contributed by atoms with Crippen molar-refractivity contribution in [3.8, 4) is 11.5 Å². The van der Waals surface area contributed by atoms with Crippen LogP contribution in [0.5, 0.6) is 11.5 Å². The number of rotatable bonds is 4. The molecule has 96 valence electrons. The molecular weight excluding hydrogens is 305 g/mol. The van der Waals surface area contributed by atoms with Gasteiger partial charge in [0.15, 0.2) is 18.1 Å². The lowest BCUT2D eigenvalue weighted by Gasteiger charge is -2.14. The molecule has 0 unspecified atom stereocenters. The Morgan fingerprint density at radius 1 is 1.35 bits per heavy atom. The second-order valence-electron chi connectivity index (χ2n) is 3.17. The van der Waals surface area contributed by atoms with Crippen molar-refractivity contribution in [2.75, 3.05) is 13.7 Å². The number of methoxy groups -OCH3 is 1. The van der Waals surface area contributed by atoms with Gasteiger partial charge in [-0.15, -0.1) is 0 Å². The molecule has 0 saturated carbocycles. The van der Waals surface area contributed by atoms with Crippen molar-refractivity contribution in [2.45, 2.75) is 12.8 Å². The maximum Gasteiger partial charge on any atom is 0.422 e. The summed E-state index contributed by atoms with van der Waals surface area (Å²) < 4.78 is 45.9. The van der Waals surface area contributed by atoms with Crippen LogP contribution in [0.15, 0.2) is 16.6 Å². The third kappa shape index (κ3) is 4.08. The van der Waals surface area contributed by atoms with Gasteiger partial charge in [-0.05, 0) is 33.6 Å². The zero-order valence-corrected chi connectivity index (χ0v) is 10.4. The summed E-state index contributed by atoms with van der Waals surface area (Å²) in [5.41, 5.74) is 0.507. The molecule has 0 spiro atoms. The number of ether oxygens (including phenoxy) is 2. The average molecular weight is 315 g/mol. The minimum atomic E-state index is -4.42. The molecule has 1 N–H and O–H groups in total. The molecule has 0 heterocycles. The molecule has 3 nitrogen and oxygen atoms in total. The van der Waals surface area contributed by atoms with Gasteiger partial charge in [-0.3, -0.25) is 0 Å². The van der Waals surface area contributed by atoms with Crippen molar-refractivity contribution in [1.29, 1.82) is 0 Å².